The van der Waals surface area contributed by atoms with Crippen LogP contribution >= 0.6 is 0 Å². The fourth-order valence-electron chi connectivity index (χ4n) is 1.39. The van der Waals surface area contributed by atoms with Crippen molar-refractivity contribution in [2.45, 2.75) is 26.8 Å². The second-order valence-corrected chi connectivity index (χ2v) is 3.22. The molecule has 3 nitrogen and oxygen atoms in total. The number of carbonyl (C=O) groups excluding carboxylic acids is 1. The van der Waals surface area contributed by atoms with Gasteiger partial charge in [-0.05, 0) is 26.8 Å². The van der Waals surface area contributed by atoms with Gasteiger partial charge in [-0.3, -0.25) is 4.79 Å². The second-order valence-electron chi connectivity index (χ2n) is 3.22. The molecule has 1 aromatic heterocycles. The molecule has 0 spiro atoms. The minimum atomic E-state index is -0.0747. The highest BCUT2D eigenvalue weighted by molar-refractivity contribution is 6.02. The van der Waals surface area contributed by atoms with E-state index >= 15 is 0 Å². The van der Waals surface area contributed by atoms with Crippen molar-refractivity contribution in [2.24, 2.45) is 0 Å². The zero-order chi connectivity index (χ0) is 10.0. The molecular weight excluding hydrogens is 164 g/mol. The van der Waals surface area contributed by atoms with Crippen LogP contribution in [0.5, 0.6) is 0 Å². The lowest BCUT2D eigenvalue weighted by molar-refractivity contribution is 0.103. The van der Waals surface area contributed by atoms with E-state index in [1.807, 2.05) is 25.3 Å². The maximum atomic E-state index is 11.4. The third-order valence-electron chi connectivity index (χ3n) is 1.94. The molecule has 1 aromatic rings. The van der Waals surface area contributed by atoms with Crippen LogP contribution in [-0.2, 0) is 0 Å². The number of allylic oxidation sites excluding steroid dienone is 1. The van der Waals surface area contributed by atoms with Crippen molar-refractivity contribution in [3.8, 4) is 0 Å². The Morgan fingerprint density at radius 2 is 2.31 bits per heavy atom. The van der Waals surface area contributed by atoms with E-state index in [0.717, 1.165) is 5.82 Å². The lowest BCUT2D eigenvalue weighted by atomic mass is 10.2. The third-order valence-corrected chi connectivity index (χ3v) is 1.94. The first-order valence-corrected chi connectivity index (χ1v) is 4.28. The van der Waals surface area contributed by atoms with Crippen LogP contribution in [0.1, 0.15) is 36.2 Å². The second kappa shape index (κ2) is 3.56. The van der Waals surface area contributed by atoms with Crippen molar-refractivity contribution >= 4 is 5.78 Å². The molecule has 0 aliphatic carbocycles. The molecule has 3 heteroatoms. The monoisotopic (exact) mass is 178 g/mol. The van der Waals surface area contributed by atoms with Crippen LogP contribution in [0, 0.1) is 6.92 Å². The predicted molar refractivity (Wildman–Crippen MR) is 51.9 cm³/mol. The molecule has 0 unspecified atom stereocenters. The Morgan fingerprint density at radius 1 is 1.69 bits per heavy atom. The highest BCUT2D eigenvalue weighted by Gasteiger charge is 2.13. The summed E-state index contributed by atoms with van der Waals surface area (Å²) < 4.78 is 1.91. The number of aryl methyl sites for hydroxylation is 1. The summed E-state index contributed by atoms with van der Waals surface area (Å²) in [7, 11) is 0. The van der Waals surface area contributed by atoms with Crippen LogP contribution in [-0.4, -0.2) is 15.3 Å². The SMILES string of the molecule is C=CC(=O)c1cnc(C)n1C(C)C. The number of carbonyl (C=O) groups is 1. The van der Waals surface area contributed by atoms with Gasteiger partial charge in [-0.1, -0.05) is 6.58 Å². The van der Waals surface area contributed by atoms with Gasteiger partial charge < -0.3 is 4.57 Å². The van der Waals surface area contributed by atoms with E-state index in [9.17, 15) is 4.79 Å². The van der Waals surface area contributed by atoms with Gasteiger partial charge in [0.2, 0.25) is 5.78 Å². The van der Waals surface area contributed by atoms with Crippen LogP contribution < -0.4 is 0 Å². The standard InChI is InChI=1S/C10H14N2O/c1-5-10(13)9-6-11-8(4)12(9)7(2)3/h5-7H,1H2,2-4H3. The van der Waals surface area contributed by atoms with E-state index < -0.39 is 0 Å². The Labute approximate surface area is 78.1 Å². The summed E-state index contributed by atoms with van der Waals surface area (Å²) in [6, 6.07) is 0.251. The first-order valence-electron chi connectivity index (χ1n) is 4.28. The lowest BCUT2D eigenvalue weighted by Gasteiger charge is -2.11. The molecule has 0 fully saturated rings. The molecule has 0 aromatic carbocycles. The summed E-state index contributed by atoms with van der Waals surface area (Å²) in [6.07, 6.45) is 2.91. The maximum Gasteiger partial charge on any atom is 0.203 e. The zero-order valence-electron chi connectivity index (χ0n) is 8.24. The van der Waals surface area contributed by atoms with Gasteiger partial charge in [-0.25, -0.2) is 4.98 Å². The molecule has 0 amide bonds. The molecule has 0 atom stereocenters. The topological polar surface area (TPSA) is 34.9 Å². The summed E-state index contributed by atoms with van der Waals surface area (Å²) in [5, 5.41) is 0. The van der Waals surface area contributed by atoms with Gasteiger partial charge >= 0.3 is 0 Å². The van der Waals surface area contributed by atoms with Gasteiger partial charge in [0.05, 0.1) is 6.20 Å². The molecule has 0 bridgehead atoms. The van der Waals surface area contributed by atoms with Crippen LogP contribution in [0.3, 0.4) is 0 Å². The molecular formula is C10H14N2O. The highest BCUT2D eigenvalue weighted by Crippen LogP contribution is 2.13. The molecule has 0 aliphatic heterocycles. The molecule has 0 saturated carbocycles. The first kappa shape index (κ1) is 9.71. The third kappa shape index (κ3) is 1.69. The predicted octanol–water partition coefficient (Wildman–Crippen LogP) is 2.14. The minimum absolute atomic E-state index is 0.0747. The smallest absolute Gasteiger partial charge is 0.203 e. The molecule has 13 heavy (non-hydrogen) atoms. The Morgan fingerprint density at radius 3 is 2.77 bits per heavy atom. The van der Waals surface area contributed by atoms with Gasteiger partial charge in [0.1, 0.15) is 11.5 Å². The fraction of sp³-hybridized carbons (Fsp3) is 0.400. The summed E-state index contributed by atoms with van der Waals surface area (Å²) >= 11 is 0. The average molecular weight is 178 g/mol. The number of imidazole rings is 1. The lowest BCUT2D eigenvalue weighted by Crippen LogP contribution is -2.10. The number of nitrogens with zero attached hydrogens (tertiary/aromatic N) is 2. The van der Waals surface area contributed by atoms with Gasteiger partial charge in [0, 0.05) is 6.04 Å². The Kier molecular flexibility index (Phi) is 2.66. The Balaban J connectivity index is 3.22. The zero-order valence-corrected chi connectivity index (χ0v) is 8.24. The van der Waals surface area contributed by atoms with Gasteiger partial charge in [0.25, 0.3) is 0 Å². The molecule has 1 heterocycles. The van der Waals surface area contributed by atoms with Crippen molar-refractivity contribution in [3.63, 3.8) is 0 Å². The van der Waals surface area contributed by atoms with E-state index in [1.54, 1.807) is 6.20 Å². The van der Waals surface area contributed by atoms with E-state index in [4.69, 9.17) is 0 Å². The van der Waals surface area contributed by atoms with E-state index in [1.165, 1.54) is 6.08 Å². The first-order chi connectivity index (χ1) is 6.07. The summed E-state index contributed by atoms with van der Waals surface area (Å²) in [5.74, 6) is 0.787. The quantitative estimate of drug-likeness (QED) is 0.525. The molecule has 0 saturated heterocycles. The normalized spacial score (nSPS) is 10.5. The van der Waals surface area contributed by atoms with Crippen molar-refractivity contribution in [1.29, 1.82) is 0 Å². The maximum absolute atomic E-state index is 11.4. The Hall–Kier alpha value is -1.38. The average Bonchev–Trinajstić information content (AvgIpc) is 2.45. The van der Waals surface area contributed by atoms with Crippen molar-refractivity contribution < 1.29 is 4.79 Å². The van der Waals surface area contributed by atoms with Crippen molar-refractivity contribution in [1.82, 2.24) is 9.55 Å². The van der Waals surface area contributed by atoms with Gasteiger partial charge in [-0.2, -0.15) is 0 Å². The summed E-state index contributed by atoms with van der Waals surface area (Å²) in [5.41, 5.74) is 0.613. The van der Waals surface area contributed by atoms with E-state index in [0.29, 0.717) is 5.69 Å². The summed E-state index contributed by atoms with van der Waals surface area (Å²) in [6.45, 7) is 9.39. The number of rotatable bonds is 3. The summed E-state index contributed by atoms with van der Waals surface area (Å²) in [4.78, 5) is 15.5. The number of ketones is 1. The number of hydrogen-bond acceptors (Lipinski definition) is 2. The van der Waals surface area contributed by atoms with Crippen LogP contribution in [0.25, 0.3) is 0 Å². The van der Waals surface area contributed by atoms with Crippen LogP contribution in [0.4, 0.5) is 0 Å². The van der Waals surface area contributed by atoms with Crippen LogP contribution in [0.2, 0.25) is 0 Å². The fourth-order valence-corrected chi connectivity index (χ4v) is 1.39. The van der Waals surface area contributed by atoms with Crippen molar-refractivity contribution in [3.05, 3.63) is 30.4 Å². The molecule has 0 aliphatic rings. The molecule has 0 N–H and O–H groups in total. The number of aromatic nitrogens is 2. The molecule has 1 rings (SSSR count). The van der Waals surface area contributed by atoms with Gasteiger partial charge in [0.15, 0.2) is 0 Å². The van der Waals surface area contributed by atoms with Crippen LogP contribution in [0.15, 0.2) is 18.9 Å². The number of hydrogen-bond donors (Lipinski definition) is 0. The Bertz CT molecular complexity index is 337. The minimum Gasteiger partial charge on any atom is -0.323 e. The largest absolute Gasteiger partial charge is 0.323 e. The van der Waals surface area contributed by atoms with Crippen molar-refractivity contribution in [2.75, 3.05) is 0 Å². The van der Waals surface area contributed by atoms with E-state index in [2.05, 4.69) is 11.6 Å². The molecule has 70 valence electrons. The van der Waals surface area contributed by atoms with E-state index in [-0.39, 0.29) is 11.8 Å². The highest BCUT2D eigenvalue weighted by atomic mass is 16.1. The molecule has 0 radical (unpaired) electrons. The van der Waals surface area contributed by atoms with Gasteiger partial charge in [-0.15, -0.1) is 0 Å².